The molecule has 2 N–H and O–H groups in total. The van der Waals surface area contributed by atoms with Gasteiger partial charge in [-0.05, 0) is 25.2 Å². The van der Waals surface area contributed by atoms with Crippen LogP contribution in [0.25, 0.3) is 0 Å². The number of carbonyl (C=O) groups is 1. The zero-order valence-electron chi connectivity index (χ0n) is 10.4. The van der Waals surface area contributed by atoms with Gasteiger partial charge in [-0.15, -0.1) is 0 Å². The van der Waals surface area contributed by atoms with Gasteiger partial charge in [0.1, 0.15) is 0 Å². The second-order valence-corrected chi connectivity index (χ2v) is 5.70. The van der Waals surface area contributed by atoms with Gasteiger partial charge < -0.3 is 15.4 Å². The second kappa shape index (κ2) is 4.00. The Kier molecular flexibility index (Phi) is 2.97. The Morgan fingerprint density at radius 2 is 2.25 bits per heavy atom. The minimum absolute atomic E-state index is 0.136. The molecule has 0 radical (unpaired) electrons. The van der Waals surface area contributed by atoms with Crippen LogP contribution in [0.2, 0.25) is 0 Å². The van der Waals surface area contributed by atoms with E-state index in [2.05, 4.69) is 6.92 Å². The van der Waals surface area contributed by atoms with E-state index >= 15 is 0 Å². The number of hydrogen-bond donors (Lipinski definition) is 1. The highest BCUT2D eigenvalue weighted by Gasteiger charge is 2.46. The number of carbonyl (C=O) groups excluding carboxylic acids is 1. The van der Waals surface area contributed by atoms with Gasteiger partial charge in [0, 0.05) is 19.6 Å². The quantitative estimate of drug-likeness (QED) is 0.761. The summed E-state index contributed by atoms with van der Waals surface area (Å²) in [7, 11) is 1.88. The molecule has 2 rings (SSSR count). The molecule has 16 heavy (non-hydrogen) atoms. The summed E-state index contributed by atoms with van der Waals surface area (Å²) in [5, 5.41) is 0. The normalized spacial score (nSPS) is 42.1. The smallest absolute Gasteiger partial charge is 0.232 e. The average molecular weight is 226 g/mol. The predicted octanol–water partition coefficient (Wildman–Crippen LogP) is 0.465. The minimum atomic E-state index is -0.521. The molecule has 4 atom stereocenters. The Morgan fingerprint density at radius 1 is 1.62 bits per heavy atom. The van der Waals surface area contributed by atoms with Crippen LogP contribution >= 0.6 is 0 Å². The molecule has 1 heterocycles. The van der Waals surface area contributed by atoms with E-state index in [1.54, 1.807) is 0 Å². The van der Waals surface area contributed by atoms with Gasteiger partial charge in [0.25, 0.3) is 0 Å². The summed E-state index contributed by atoms with van der Waals surface area (Å²) in [6.07, 6.45) is 1.25. The van der Waals surface area contributed by atoms with E-state index in [9.17, 15) is 4.79 Å². The SMILES string of the molecule is CC1CC1CN(C)C(=O)C1(C)COCC1N. The molecule has 4 heteroatoms. The van der Waals surface area contributed by atoms with E-state index in [1.807, 2.05) is 18.9 Å². The van der Waals surface area contributed by atoms with Gasteiger partial charge in [-0.2, -0.15) is 0 Å². The Morgan fingerprint density at radius 3 is 2.69 bits per heavy atom. The van der Waals surface area contributed by atoms with E-state index < -0.39 is 5.41 Å². The summed E-state index contributed by atoms with van der Waals surface area (Å²) in [6, 6.07) is -0.168. The molecule has 1 amide bonds. The van der Waals surface area contributed by atoms with E-state index in [4.69, 9.17) is 10.5 Å². The Bertz CT molecular complexity index is 295. The molecule has 92 valence electrons. The van der Waals surface area contributed by atoms with E-state index in [0.29, 0.717) is 19.1 Å². The van der Waals surface area contributed by atoms with Crippen LogP contribution in [-0.2, 0) is 9.53 Å². The number of rotatable bonds is 3. The number of nitrogens with two attached hydrogens (primary N) is 1. The van der Waals surface area contributed by atoms with Gasteiger partial charge in [0.15, 0.2) is 0 Å². The minimum Gasteiger partial charge on any atom is -0.379 e. The summed E-state index contributed by atoms with van der Waals surface area (Å²) in [4.78, 5) is 14.1. The molecule has 0 bridgehead atoms. The molecule has 1 saturated carbocycles. The van der Waals surface area contributed by atoms with Crippen molar-refractivity contribution < 1.29 is 9.53 Å². The number of ether oxygens (including phenoxy) is 1. The van der Waals surface area contributed by atoms with Crippen molar-refractivity contribution in [2.45, 2.75) is 26.3 Å². The first kappa shape index (κ1) is 11.9. The van der Waals surface area contributed by atoms with Crippen molar-refractivity contribution in [1.82, 2.24) is 4.90 Å². The maximum absolute atomic E-state index is 12.3. The van der Waals surface area contributed by atoms with Crippen molar-refractivity contribution in [2.24, 2.45) is 23.0 Å². The van der Waals surface area contributed by atoms with Gasteiger partial charge in [0.2, 0.25) is 5.91 Å². The zero-order chi connectivity index (χ0) is 11.9. The first-order valence-electron chi connectivity index (χ1n) is 6.04. The highest BCUT2D eigenvalue weighted by atomic mass is 16.5. The lowest BCUT2D eigenvalue weighted by molar-refractivity contribution is -0.140. The van der Waals surface area contributed by atoms with Crippen molar-refractivity contribution in [3.05, 3.63) is 0 Å². The van der Waals surface area contributed by atoms with Gasteiger partial charge >= 0.3 is 0 Å². The van der Waals surface area contributed by atoms with Crippen LogP contribution in [0.4, 0.5) is 0 Å². The third-order valence-corrected chi connectivity index (χ3v) is 4.14. The maximum atomic E-state index is 12.3. The fraction of sp³-hybridized carbons (Fsp3) is 0.917. The van der Waals surface area contributed by atoms with Crippen LogP contribution < -0.4 is 5.73 Å². The summed E-state index contributed by atoms with van der Waals surface area (Å²) < 4.78 is 5.31. The number of amides is 1. The topological polar surface area (TPSA) is 55.6 Å². The lowest BCUT2D eigenvalue weighted by atomic mass is 9.84. The second-order valence-electron chi connectivity index (χ2n) is 5.70. The molecule has 1 aliphatic carbocycles. The maximum Gasteiger partial charge on any atom is 0.232 e. The van der Waals surface area contributed by atoms with Crippen LogP contribution in [0.5, 0.6) is 0 Å². The molecule has 2 aliphatic rings. The molecule has 0 spiro atoms. The van der Waals surface area contributed by atoms with Crippen molar-refractivity contribution in [3.63, 3.8) is 0 Å². The highest BCUT2D eigenvalue weighted by molar-refractivity contribution is 5.83. The lowest BCUT2D eigenvalue weighted by Crippen LogP contribution is -2.50. The molecule has 2 fully saturated rings. The van der Waals surface area contributed by atoms with Gasteiger partial charge in [-0.3, -0.25) is 4.79 Å². The van der Waals surface area contributed by atoms with Crippen LogP contribution in [0.3, 0.4) is 0 Å². The van der Waals surface area contributed by atoms with Crippen molar-refractivity contribution in [2.75, 3.05) is 26.8 Å². The van der Waals surface area contributed by atoms with Crippen LogP contribution in [0.1, 0.15) is 20.3 Å². The Hall–Kier alpha value is -0.610. The van der Waals surface area contributed by atoms with Gasteiger partial charge in [-0.25, -0.2) is 0 Å². The summed E-state index contributed by atoms with van der Waals surface area (Å²) in [5.41, 5.74) is 5.43. The van der Waals surface area contributed by atoms with E-state index in [0.717, 1.165) is 12.5 Å². The van der Waals surface area contributed by atoms with Crippen molar-refractivity contribution in [3.8, 4) is 0 Å². The molecule has 4 unspecified atom stereocenters. The fourth-order valence-electron chi connectivity index (χ4n) is 2.43. The molecule has 0 aromatic rings. The molecular formula is C12H22N2O2. The molecule has 1 saturated heterocycles. The number of hydrogen-bond acceptors (Lipinski definition) is 3. The largest absolute Gasteiger partial charge is 0.379 e. The summed E-state index contributed by atoms with van der Waals surface area (Å²) in [5.74, 6) is 1.60. The fourth-order valence-corrected chi connectivity index (χ4v) is 2.43. The van der Waals surface area contributed by atoms with Crippen molar-refractivity contribution in [1.29, 1.82) is 0 Å². The van der Waals surface area contributed by atoms with Crippen LogP contribution in [0, 0.1) is 17.3 Å². The van der Waals surface area contributed by atoms with E-state index in [-0.39, 0.29) is 11.9 Å². The first-order chi connectivity index (χ1) is 7.45. The monoisotopic (exact) mass is 226 g/mol. The van der Waals surface area contributed by atoms with Crippen LogP contribution in [-0.4, -0.2) is 43.7 Å². The third kappa shape index (κ3) is 1.96. The van der Waals surface area contributed by atoms with Gasteiger partial charge in [0.05, 0.1) is 18.6 Å². The molecule has 1 aliphatic heterocycles. The predicted molar refractivity (Wildman–Crippen MR) is 61.8 cm³/mol. The molecular weight excluding hydrogens is 204 g/mol. The molecule has 0 aromatic heterocycles. The zero-order valence-corrected chi connectivity index (χ0v) is 10.4. The van der Waals surface area contributed by atoms with Crippen LogP contribution in [0.15, 0.2) is 0 Å². The Balaban J connectivity index is 1.95. The summed E-state index contributed by atoms with van der Waals surface area (Å²) >= 11 is 0. The number of nitrogens with zero attached hydrogens (tertiary/aromatic N) is 1. The van der Waals surface area contributed by atoms with E-state index in [1.165, 1.54) is 6.42 Å². The summed E-state index contributed by atoms with van der Waals surface area (Å²) in [6.45, 7) is 5.96. The van der Waals surface area contributed by atoms with Gasteiger partial charge in [-0.1, -0.05) is 6.92 Å². The first-order valence-corrected chi connectivity index (χ1v) is 6.04. The average Bonchev–Trinajstić information content (AvgIpc) is 2.80. The molecule has 4 nitrogen and oxygen atoms in total. The molecule has 0 aromatic carbocycles. The van der Waals surface area contributed by atoms with Crippen molar-refractivity contribution >= 4 is 5.91 Å². The highest BCUT2D eigenvalue weighted by Crippen LogP contribution is 2.39. The third-order valence-electron chi connectivity index (χ3n) is 4.14. The Labute approximate surface area is 97.1 Å². The standard InChI is InChI=1S/C12H22N2O2/c1-8-4-9(8)5-14(3)11(15)12(2)7-16-6-10(12)13/h8-10H,4-7,13H2,1-3H3. The lowest BCUT2D eigenvalue weighted by Gasteiger charge is -2.31.